The summed E-state index contributed by atoms with van der Waals surface area (Å²) in [7, 11) is 0. The summed E-state index contributed by atoms with van der Waals surface area (Å²) < 4.78 is 5.63. The minimum Gasteiger partial charge on any atom is -0.431 e. The highest BCUT2D eigenvalue weighted by Gasteiger charge is 2.18. The molecule has 5 heteroatoms. The maximum absolute atomic E-state index is 12.2. The monoisotopic (exact) mass is 312 g/mol. The second-order valence-electron chi connectivity index (χ2n) is 5.06. The molecular formula is C17H16N2O2S. The number of anilines is 1. The number of thioether (sulfide) groups is 1. The number of aryl methyl sites for hydroxylation is 1. The van der Waals surface area contributed by atoms with Crippen molar-refractivity contribution in [3.8, 4) is 0 Å². The van der Waals surface area contributed by atoms with Crippen LogP contribution in [0, 0.1) is 6.92 Å². The van der Waals surface area contributed by atoms with Crippen LogP contribution in [0.25, 0.3) is 11.1 Å². The van der Waals surface area contributed by atoms with E-state index >= 15 is 0 Å². The van der Waals surface area contributed by atoms with E-state index in [2.05, 4.69) is 10.3 Å². The summed E-state index contributed by atoms with van der Waals surface area (Å²) in [6.45, 7) is 3.85. The molecule has 0 bridgehead atoms. The number of para-hydroxylation sites is 2. The third-order valence-corrected chi connectivity index (χ3v) is 4.18. The van der Waals surface area contributed by atoms with Gasteiger partial charge in [-0.2, -0.15) is 0 Å². The standard InChI is InChI=1S/C17H16N2O2S/c1-11-7-9-13(10-8-11)18-16(20)12(2)22-17-19-14-5-3-4-6-15(14)21-17/h3-10,12H,1-2H3,(H,18,20). The number of aromatic nitrogens is 1. The zero-order valence-electron chi connectivity index (χ0n) is 12.4. The predicted molar refractivity (Wildman–Crippen MR) is 89.1 cm³/mol. The first-order valence-electron chi connectivity index (χ1n) is 7.01. The van der Waals surface area contributed by atoms with Crippen LogP contribution in [0.5, 0.6) is 0 Å². The van der Waals surface area contributed by atoms with Crippen molar-refractivity contribution >= 4 is 34.5 Å². The molecule has 0 spiro atoms. The Morgan fingerprint density at radius 2 is 1.91 bits per heavy atom. The summed E-state index contributed by atoms with van der Waals surface area (Å²) in [5.41, 5.74) is 3.49. The predicted octanol–water partition coefficient (Wildman–Crippen LogP) is 4.26. The van der Waals surface area contributed by atoms with E-state index in [1.54, 1.807) is 0 Å². The molecule has 0 aliphatic rings. The van der Waals surface area contributed by atoms with E-state index in [1.807, 2.05) is 62.4 Å². The van der Waals surface area contributed by atoms with Gasteiger partial charge in [0, 0.05) is 5.69 Å². The van der Waals surface area contributed by atoms with Crippen molar-refractivity contribution in [1.29, 1.82) is 0 Å². The highest BCUT2D eigenvalue weighted by molar-refractivity contribution is 8.00. The van der Waals surface area contributed by atoms with Gasteiger partial charge >= 0.3 is 0 Å². The molecule has 0 aliphatic heterocycles. The molecule has 1 heterocycles. The highest BCUT2D eigenvalue weighted by atomic mass is 32.2. The van der Waals surface area contributed by atoms with E-state index in [4.69, 9.17) is 4.42 Å². The molecule has 112 valence electrons. The molecule has 1 amide bonds. The third kappa shape index (κ3) is 3.31. The quantitative estimate of drug-likeness (QED) is 0.732. The number of fused-ring (bicyclic) bond motifs is 1. The number of carbonyl (C=O) groups excluding carboxylic acids is 1. The summed E-state index contributed by atoms with van der Waals surface area (Å²) in [6, 6.07) is 15.3. The first-order valence-corrected chi connectivity index (χ1v) is 7.89. The minimum absolute atomic E-state index is 0.0730. The zero-order valence-corrected chi connectivity index (χ0v) is 13.2. The number of benzene rings is 2. The first-order chi connectivity index (χ1) is 10.6. The number of hydrogen-bond donors (Lipinski definition) is 1. The molecule has 1 aromatic heterocycles. The topological polar surface area (TPSA) is 55.1 Å². The molecule has 1 N–H and O–H groups in total. The number of hydrogen-bond acceptors (Lipinski definition) is 4. The lowest BCUT2D eigenvalue weighted by molar-refractivity contribution is -0.115. The third-order valence-electron chi connectivity index (χ3n) is 3.24. The first kappa shape index (κ1) is 14.7. The Labute approximate surface area is 132 Å². The molecule has 3 rings (SSSR count). The largest absolute Gasteiger partial charge is 0.431 e. The Balaban J connectivity index is 1.66. The van der Waals surface area contributed by atoms with Crippen LogP contribution >= 0.6 is 11.8 Å². The van der Waals surface area contributed by atoms with E-state index < -0.39 is 0 Å². The van der Waals surface area contributed by atoms with E-state index in [-0.39, 0.29) is 11.2 Å². The Hall–Kier alpha value is -2.27. The minimum atomic E-state index is -0.297. The molecule has 0 saturated heterocycles. The normalized spacial score (nSPS) is 12.3. The van der Waals surface area contributed by atoms with Gasteiger partial charge in [0.2, 0.25) is 5.91 Å². The van der Waals surface area contributed by atoms with Crippen molar-refractivity contribution in [2.75, 3.05) is 5.32 Å². The van der Waals surface area contributed by atoms with Crippen molar-refractivity contribution < 1.29 is 9.21 Å². The van der Waals surface area contributed by atoms with E-state index in [9.17, 15) is 4.79 Å². The smallest absolute Gasteiger partial charge is 0.257 e. The van der Waals surface area contributed by atoms with Crippen molar-refractivity contribution in [2.24, 2.45) is 0 Å². The van der Waals surface area contributed by atoms with Gasteiger partial charge < -0.3 is 9.73 Å². The van der Waals surface area contributed by atoms with Gasteiger partial charge in [-0.1, -0.05) is 41.6 Å². The van der Waals surface area contributed by atoms with Crippen LogP contribution in [0.4, 0.5) is 5.69 Å². The fraction of sp³-hybridized carbons (Fsp3) is 0.176. The van der Waals surface area contributed by atoms with Crippen molar-refractivity contribution in [3.63, 3.8) is 0 Å². The Morgan fingerprint density at radius 1 is 1.18 bits per heavy atom. The maximum Gasteiger partial charge on any atom is 0.257 e. The fourth-order valence-electron chi connectivity index (χ4n) is 1.99. The van der Waals surface area contributed by atoms with Gasteiger partial charge in [-0.05, 0) is 38.1 Å². The van der Waals surface area contributed by atoms with Crippen molar-refractivity contribution in [3.05, 3.63) is 54.1 Å². The lowest BCUT2D eigenvalue weighted by Gasteiger charge is -2.10. The Kier molecular flexibility index (Phi) is 4.15. The van der Waals surface area contributed by atoms with Crippen LogP contribution in [0.2, 0.25) is 0 Å². The van der Waals surface area contributed by atoms with E-state index in [0.717, 1.165) is 22.4 Å². The van der Waals surface area contributed by atoms with Crippen LogP contribution in [-0.2, 0) is 4.79 Å². The van der Waals surface area contributed by atoms with Gasteiger partial charge in [-0.3, -0.25) is 4.79 Å². The van der Waals surface area contributed by atoms with Gasteiger partial charge in [-0.15, -0.1) is 0 Å². The molecule has 3 aromatic rings. The molecule has 0 saturated carbocycles. The van der Waals surface area contributed by atoms with Gasteiger partial charge in [0.05, 0.1) is 5.25 Å². The SMILES string of the molecule is Cc1ccc(NC(=O)C(C)Sc2nc3ccccc3o2)cc1. The van der Waals surface area contributed by atoms with Gasteiger partial charge in [0.25, 0.3) is 5.22 Å². The summed E-state index contributed by atoms with van der Waals surface area (Å²) >= 11 is 1.31. The van der Waals surface area contributed by atoms with Crippen molar-refractivity contribution in [1.82, 2.24) is 4.98 Å². The molecule has 0 fully saturated rings. The lowest BCUT2D eigenvalue weighted by atomic mass is 10.2. The number of oxazole rings is 1. The molecule has 0 radical (unpaired) electrons. The number of nitrogens with one attached hydrogen (secondary N) is 1. The molecule has 4 nitrogen and oxygen atoms in total. The average molecular weight is 312 g/mol. The van der Waals surface area contributed by atoms with Crippen LogP contribution in [-0.4, -0.2) is 16.1 Å². The molecule has 0 aliphatic carbocycles. The van der Waals surface area contributed by atoms with E-state index in [0.29, 0.717) is 5.22 Å². The number of amides is 1. The van der Waals surface area contributed by atoms with Gasteiger partial charge in [0.1, 0.15) is 5.52 Å². The molecule has 22 heavy (non-hydrogen) atoms. The molecule has 1 unspecified atom stereocenters. The second kappa shape index (κ2) is 6.23. The fourth-order valence-corrected chi connectivity index (χ4v) is 2.74. The molecular weight excluding hydrogens is 296 g/mol. The van der Waals surface area contributed by atoms with Gasteiger partial charge in [-0.25, -0.2) is 4.98 Å². The maximum atomic E-state index is 12.2. The van der Waals surface area contributed by atoms with Crippen LogP contribution < -0.4 is 5.32 Å². The van der Waals surface area contributed by atoms with Crippen LogP contribution in [0.3, 0.4) is 0 Å². The average Bonchev–Trinajstić information content (AvgIpc) is 2.91. The van der Waals surface area contributed by atoms with Gasteiger partial charge in [0.15, 0.2) is 5.58 Å². The lowest BCUT2D eigenvalue weighted by Crippen LogP contribution is -2.22. The number of rotatable bonds is 4. The zero-order chi connectivity index (χ0) is 15.5. The van der Waals surface area contributed by atoms with Crippen molar-refractivity contribution in [2.45, 2.75) is 24.3 Å². The molecule has 2 aromatic carbocycles. The Bertz CT molecular complexity index is 763. The summed E-state index contributed by atoms with van der Waals surface area (Å²) in [6.07, 6.45) is 0. The second-order valence-corrected chi connectivity index (χ2v) is 6.35. The summed E-state index contributed by atoms with van der Waals surface area (Å²) in [5, 5.41) is 3.10. The van der Waals surface area contributed by atoms with E-state index in [1.165, 1.54) is 11.8 Å². The summed E-state index contributed by atoms with van der Waals surface area (Å²) in [5.74, 6) is -0.0730. The Morgan fingerprint density at radius 3 is 2.64 bits per heavy atom. The van der Waals surface area contributed by atoms with Crippen LogP contribution in [0.1, 0.15) is 12.5 Å². The number of nitrogens with zero attached hydrogens (tertiary/aromatic N) is 1. The number of carbonyl (C=O) groups is 1. The van der Waals surface area contributed by atoms with Crippen LogP contribution in [0.15, 0.2) is 58.2 Å². The highest BCUT2D eigenvalue weighted by Crippen LogP contribution is 2.27. The molecule has 1 atom stereocenters. The summed E-state index contributed by atoms with van der Waals surface area (Å²) in [4.78, 5) is 16.6.